The van der Waals surface area contributed by atoms with Crippen molar-refractivity contribution in [3.8, 4) is 0 Å². The van der Waals surface area contributed by atoms with E-state index in [9.17, 15) is 9.59 Å². The Morgan fingerprint density at radius 2 is 1.74 bits per heavy atom. The highest BCUT2D eigenvalue weighted by molar-refractivity contribution is 5.83. The Morgan fingerprint density at radius 3 is 2.21 bits per heavy atom. The van der Waals surface area contributed by atoms with E-state index < -0.39 is 5.41 Å². The maximum absolute atomic E-state index is 11.8. The normalized spacial score (nSPS) is 13.2. The van der Waals surface area contributed by atoms with Crippen LogP contribution in [0.5, 0.6) is 0 Å². The number of carbonyl (C=O) groups excluding carboxylic acids is 2. The minimum atomic E-state index is -0.527. The van der Waals surface area contributed by atoms with Crippen molar-refractivity contribution >= 4 is 11.8 Å². The number of nitrogens with one attached hydrogen (secondary N) is 3. The lowest BCUT2D eigenvalue weighted by molar-refractivity contribution is -0.129. The molecule has 0 saturated carbocycles. The zero-order valence-electron chi connectivity index (χ0n) is 13.1. The van der Waals surface area contributed by atoms with Gasteiger partial charge in [-0.2, -0.15) is 0 Å². The van der Waals surface area contributed by atoms with Crippen molar-refractivity contribution in [2.75, 3.05) is 20.1 Å². The summed E-state index contributed by atoms with van der Waals surface area (Å²) in [5.41, 5.74) is -0.527. The summed E-state index contributed by atoms with van der Waals surface area (Å²) in [4.78, 5) is 23.4. The molecule has 0 aliphatic rings. The fourth-order valence-corrected chi connectivity index (χ4v) is 1.56. The van der Waals surface area contributed by atoms with E-state index in [1.807, 2.05) is 20.8 Å². The van der Waals surface area contributed by atoms with E-state index in [1.165, 1.54) is 0 Å². The first kappa shape index (κ1) is 17.9. The van der Waals surface area contributed by atoms with Crippen LogP contribution in [0.4, 0.5) is 0 Å². The molecule has 0 aliphatic heterocycles. The van der Waals surface area contributed by atoms with Crippen LogP contribution >= 0.6 is 0 Å². The molecular formula is C14H29N3O2. The summed E-state index contributed by atoms with van der Waals surface area (Å²) in [5, 5.41) is 8.62. The predicted octanol–water partition coefficient (Wildman–Crippen LogP) is 0.899. The van der Waals surface area contributed by atoms with Gasteiger partial charge in [0.25, 0.3) is 0 Å². The summed E-state index contributed by atoms with van der Waals surface area (Å²) in [5.74, 6) is 0.525. The maximum atomic E-state index is 11.8. The number of amides is 2. The van der Waals surface area contributed by atoms with Crippen molar-refractivity contribution in [3.05, 3.63) is 0 Å². The van der Waals surface area contributed by atoms with Gasteiger partial charge in [0.2, 0.25) is 11.8 Å². The summed E-state index contributed by atoms with van der Waals surface area (Å²) in [6.45, 7) is 10.9. The number of rotatable bonds is 8. The molecule has 5 nitrogen and oxygen atoms in total. The van der Waals surface area contributed by atoms with Gasteiger partial charge < -0.3 is 16.0 Å². The third-order valence-corrected chi connectivity index (χ3v) is 3.11. The first-order valence-electron chi connectivity index (χ1n) is 6.94. The average molecular weight is 271 g/mol. The summed E-state index contributed by atoms with van der Waals surface area (Å²) in [6.07, 6.45) is 0.974. The number of hydrogen-bond acceptors (Lipinski definition) is 3. The molecule has 0 aliphatic carbocycles. The SMILES string of the molecule is CNC(=O)C(C)(C)CNC(C)C(=O)NCCC(C)C. The van der Waals surface area contributed by atoms with Crippen LogP contribution < -0.4 is 16.0 Å². The van der Waals surface area contributed by atoms with Gasteiger partial charge in [0.1, 0.15) is 0 Å². The third-order valence-electron chi connectivity index (χ3n) is 3.11. The lowest BCUT2D eigenvalue weighted by atomic mass is 9.92. The molecule has 112 valence electrons. The Morgan fingerprint density at radius 1 is 1.16 bits per heavy atom. The monoisotopic (exact) mass is 271 g/mol. The van der Waals surface area contributed by atoms with Crippen LogP contribution in [0.15, 0.2) is 0 Å². The quantitative estimate of drug-likeness (QED) is 0.614. The minimum absolute atomic E-state index is 0.0200. The van der Waals surface area contributed by atoms with Crippen LogP contribution in [0.2, 0.25) is 0 Å². The molecule has 2 amide bonds. The van der Waals surface area contributed by atoms with Crippen LogP contribution in [0.25, 0.3) is 0 Å². The summed E-state index contributed by atoms with van der Waals surface area (Å²) in [7, 11) is 1.62. The Bertz CT molecular complexity index is 301. The van der Waals surface area contributed by atoms with Crippen LogP contribution in [-0.4, -0.2) is 38.0 Å². The summed E-state index contributed by atoms with van der Waals surface area (Å²) >= 11 is 0. The largest absolute Gasteiger partial charge is 0.359 e. The molecular weight excluding hydrogens is 242 g/mol. The lowest BCUT2D eigenvalue weighted by Crippen LogP contribution is -2.49. The second kappa shape index (κ2) is 8.15. The van der Waals surface area contributed by atoms with Crippen molar-refractivity contribution in [1.29, 1.82) is 0 Å². The molecule has 3 N–H and O–H groups in total. The highest BCUT2D eigenvalue weighted by Crippen LogP contribution is 2.13. The fourth-order valence-electron chi connectivity index (χ4n) is 1.56. The third kappa shape index (κ3) is 7.15. The molecule has 0 aromatic carbocycles. The fraction of sp³-hybridized carbons (Fsp3) is 0.857. The van der Waals surface area contributed by atoms with Crippen molar-refractivity contribution in [2.24, 2.45) is 11.3 Å². The molecule has 0 aromatic heterocycles. The first-order chi connectivity index (χ1) is 8.70. The molecule has 1 atom stereocenters. The zero-order chi connectivity index (χ0) is 15.1. The number of hydrogen-bond donors (Lipinski definition) is 3. The Balaban J connectivity index is 4.06. The van der Waals surface area contributed by atoms with Gasteiger partial charge in [-0.15, -0.1) is 0 Å². The van der Waals surface area contributed by atoms with Gasteiger partial charge in [-0.25, -0.2) is 0 Å². The molecule has 0 heterocycles. The predicted molar refractivity (Wildman–Crippen MR) is 77.8 cm³/mol. The van der Waals surface area contributed by atoms with Crippen LogP contribution in [0.1, 0.15) is 41.0 Å². The van der Waals surface area contributed by atoms with E-state index in [0.29, 0.717) is 19.0 Å². The Hall–Kier alpha value is -1.10. The van der Waals surface area contributed by atoms with Gasteiger partial charge in [-0.1, -0.05) is 13.8 Å². The molecule has 0 spiro atoms. The van der Waals surface area contributed by atoms with Crippen LogP contribution in [-0.2, 0) is 9.59 Å². The average Bonchev–Trinajstić information content (AvgIpc) is 2.34. The molecule has 0 saturated heterocycles. The molecule has 0 aromatic rings. The van der Waals surface area contributed by atoms with Crippen LogP contribution in [0, 0.1) is 11.3 Å². The van der Waals surface area contributed by atoms with Gasteiger partial charge in [-0.05, 0) is 33.1 Å². The van der Waals surface area contributed by atoms with Gasteiger partial charge >= 0.3 is 0 Å². The molecule has 1 unspecified atom stereocenters. The van der Waals surface area contributed by atoms with Gasteiger partial charge in [-0.3, -0.25) is 9.59 Å². The second-order valence-electron chi connectivity index (χ2n) is 6.04. The molecule has 0 fully saturated rings. The van der Waals surface area contributed by atoms with E-state index in [0.717, 1.165) is 6.42 Å². The minimum Gasteiger partial charge on any atom is -0.359 e. The molecule has 5 heteroatoms. The van der Waals surface area contributed by atoms with Crippen molar-refractivity contribution in [1.82, 2.24) is 16.0 Å². The Kier molecular flexibility index (Phi) is 7.68. The smallest absolute Gasteiger partial charge is 0.236 e. The highest BCUT2D eigenvalue weighted by Gasteiger charge is 2.27. The highest BCUT2D eigenvalue weighted by atomic mass is 16.2. The van der Waals surface area contributed by atoms with E-state index in [2.05, 4.69) is 29.8 Å². The lowest BCUT2D eigenvalue weighted by Gasteiger charge is -2.25. The topological polar surface area (TPSA) is 70.2 Å². The zero-order valence-corrected chi connectivity index (χ0v) is 13.1. The second-order valence-corrected chi connectivity index (χ2v) is 6.04. The van der Waals surface area contributed by atoms with Crippen molar-refractivity contribution < 1.29 is 9.59 Å². The van der Waals surface area contributed by atoms with Crippen LogP contribution in [0.3, 0.4) is 0 Å². The molecule has 0 rings (SSSR count). The standard InChI is InChI=1S/C14H29N3O2/c1-10(2)7-8-16-12(18)11(3)17-9-14(4,5)13(19)15-6/h10-11,17H,7-9H2,1-6H3,(H,15,19)(H,16,18). The van der Waals surface area contributed by atoms with E-state index >= 15 is 0 Å². The first-order valence-corrected chi connectivity index (χ1v) is 6.94. The van der Waals surface area contributed by atoms with Crippen molar-refractivity contribution in [2.45, 2.75) is 47.1 Å². The Labute approximate surface area is 116 Å². The summed E-state index contributed by atoms with van der Waals surface area (Å²) in [6, 6.07) is -0.295. The summed E-state index contributed by atoms with van der Waals surface area (Å²) < 4.78 is 0. The molecule has 0 bridgehead atoms. The van der Waals surface area contributed by atoms with E-state index in [4.69, 9.17) is 0 Å². The number of carbonyl (C=O) groups is 2. The van der Waals surface area contributed by atoms with Gasteiger partial charge in [0, 0.05) is 20.1 Å². The van der Waals surface area contributed by atoms with E-state index in [1.54, 1.807) is 7.05 Å². The van der Waals surface area contributed by atoms with E-state index in [-0.39, 0.29) is 17.9 Å². The van der Waals surface area contributed by atoms with Crippen molar-refractivity contribution in [3.63, 3.8) is 0 Å². The van der Waals surface area contributed by atoms with Gasteiger partial charge in [0.15, 0.2) is 0 Å². The molecule has 0 radical (unpaired) electrons. The van der Waals surface area contributed by atoms with Gasteiger partial charge in [0.05, 0.1) is 11.5 Å². The maximum Gasteiger partial charge on any atom is 0.236 e. The molecule has 19 heavy (non-hydrogen) atoms.